The van der Waals surface area contributed by atoms with Gasteiger partial charge < -0.3 is 0 Å². The molecule has 3 aromatic rings. The van der Waals surface area contributed by atoms with E-state index in [9.17, 15) is 0 Å². The van der Waals surface area contributed by atoms with Crippen molar-refractivity contribution in [3.63, 3.8) is 0 Å². The van der Waals surface area contributed by atoms with E-state index >= 15 is 0 Å². The van der Waals surface area contributed by atoms with Crippen LogP contribution in [0.5, 0.6) is 0 Å². The first-order valence-corrected chi connectivity index (χ1v) is 7.37. The molecule has 0 spiro atoms. The molecule has 0 bridgehead atoms. The molecule has 0 N–H and O–H groups in total. The van der Waals surface area contributed by atoms with Crippen molar-refractivity contribution in [3.8, 4) is 0 Å². The Morgan fingerprint density at radius 1 is 0.650 bits per heavy atom. The maximum Gasteiger partial charge on any atom is -0.00991 e. The summed E-state index contributed by atoms with van der Waals surface area (Å²) in [5, 5.41) is 8.16. The summed E-state index contributed by atoms with van der Waals surface area (Å²) in [6.45, 7) is 4.60. The molecule has 0 aliphatic heterocycles. The lowest BCUT2D eigenvalue weighted by molar-refractivity contribution is 0.608. The molecule has 2 unspecified atom stereocenters. The number of benzene rings is 3. The van der Waals surface area contributed by atoms with Gasteiger partial charge in [-0.05, 0) is 56.0 Å². The molecule has 0 heterocycles. The van der Waals surface area contributed by atoms with Crippen LogP contribution in [0.2, 0.25) is 0 Å². The molecule has 1 aliphatic carbocycles. The van der Waals surface area contributed by atoms with Crippen molar-refractivity contribution in [1.82, 2.24) is 0 Å². The Kier molecular flexibility index (Phi) is 2.47. The minimum absolute atomic E-state index is 0.620. The Bertz CT molecular complexity index is 931. The second-order valence-electron chi connectivity index (χ2n) is 6.04. The Labute approximate surface area is 119 Å². The normalized spacial score (nSPS) is 21.3. The largest absolute Gasteiger partial charge is 0.0732 e. The smallest absolute Gasteiger partial charge is 0.00991 e. The molecule has 0 radical (unpaired) electrons. The maximum absolute atomic E-state index is 2.42. The lowest BCUT2D eigenvalue weighted by Crippen LogP contribution is -2.31. The number of hydrogen-bond acceptors (Lipinski definition) is 0. The Morgan fingerprint density at radius 3 is 2.10 bits per heavy atom. The number of hydrogen-bond donors (Lipinski definition) is 0. The molecule has 98 valence electrons. The molecule has 0 nitrogen and oxygen atoms in total. The van der Waals surface area contributed by atoms with Crippen LogP contribution in [0.15, 0.2) is 48.5 Å². The molecular weight excluding hydrogens is 240 g/mol. The van der Waals surface area contributed by atoms with Gasteiger partial charge in [0.1, 0.15) is 0 Å². The zero-order valence-corrected chi connectivity index (χ0v) is 11.9. The van der Waals surface area contributed by atoms with Crippen LogP contribution in [0.25, 0.3) is 33.7 Å². The van der Waals surface area contributed by atoms with E-state index in [4.69, 9.17) is 0 Å². The van der Waals surface area contributed by atoms with Crippen LogP contribution < -0.4 is 10.4 Å². The van der Waals surface area contributed by atoms with Crippen molar-refractivity contribution in [1.29, 1.82) is 0 Å². The van der Waals surface area contributed by atoms with Crippen LogP contribution in [0.4, 0.5) is 0 Å². The molecule has 1 aliphatic rings. The Balaban J connectivity index is 2.18. The molecule has 4 rings (SSSR count). The quantitative estimate of drug-likeness (QED) is 0.537. The van der Waals surface area contributed by atoms with Crippen LogP contribution in [-0.4, -0.2) is 0 Å². The fourth-order valence-corrected chi connectivity index (χ4v) is 3.25. The summed E-state index contributed by atoms with van der Waals surface area (Å²) in [5.41, 5.74) is 0. The van der Waals surface area contributed by atoms with Gasteiger partial charge in [0.15, 0.2) is 0 Å². The minimum atomic E-state index is 0.620. The molecular formula is C20H18. The van der Waals surface area contributed by atoms with Crippen LogP contribution >= 0.6 is 0 Å². The predicted molar refractivity (Wildman–Crippen MR) is 88.0 cm³/mol. The zero-order chi connectivity index (χ0) is 13.7. The van der Waals surface area contributed by atoms with E-state index in [2.05, 4.69) is 74.5 Å². The molecule has 0 heteroatoms. The minimum Gasteiger partial charge on any atom is -0.0732 e. The van der Waals surface area contributed by atoms with E-state index in [1.807, 2.05) is 0 Å². The van der Waals surface area contributed by atoms with Gasteiger partial charge in [0.25, 0.3) is 0 Å². The van der Waals surface area contributed by atoms with Gasteiger partial charge in [0.05, 0.1) is 0 Å². The molecule has 0 saturated carbocycles. The first-order valence-electron chi connectivity index (χ1n) is 7.37. The summed E-state index contributed by atoms with van der Waals surface area (Å²) in [7, 11) is 0. The van der Waals surface area contributed by atoms with Crippen molar-refractivity contribution in [3.05, 3.63) is 59.0 Å². The second kappa shape index (κ2) is 4.21. The highest BCUT2D eigenvalue weighted by molar-refractivity contribution is 6.07. The van der Waals surface area contributed by atoms with E-state index in [0.29, 0.717) is 11.8 Å². The van der Waals surface area contributed by atoms with Crippen molar-refractivity contribution in [2.75, 3.05) is 0 Å². The van der Waals surface area contributed by atoms with Gasteiger partial charge in [0, 0.05) is 0 Å². The van der Waals surface area contributed by atoms with E-state index in [0.717, 1.165) is 0 Å². The van der Waals surface area contributed by atoms with Crippen molar-refractivity contribution < 1.29 is 0 Å². The second-order valence-corrected chi connectivity index (χ2v) is 6.04. The molecule has 2 atom stereocenters. The molecule has 20 heavy (non-hydrogen) atoms. The van der Waals surface area contributed by atoms with Crippen LogP contribution in [-0.2, 0) is 0 Å². The third-order valence-corrected chi connectivity index (χ3v) is 4.66. The first kappa shape index (κ1) is 11.7. The molecule has 0 fully saturated rings. The third-order valence-electron chi connectivity index (χ3n) is 4.66. The summed E-state index contributed by atoms with van der Waals surface area (Å²) in [6.07, 6.45) is 4.83. The van der Waals surface area contributed by atoms with Gasteiger partial charge in [-0.1, -0.05) is 62.4 Å². The van der Waals surface area contributed by atoms with Crippen LogP contribution in [0.3, 0.4) is 0 Å². The fraction of sp³-hybridized carbons (Fsp3) is 0.200. The number of rotatable bonds is 0. The SMILES string of the molecule is CC1C=c2cc3ccc4ccccc4c3cc2=CC1C. The maximum atomic E-state index is 2.42. The van der Waals surface area contributed by atoms with Crippen molar-refractivity contribution in [2.45, 2.75) is 13.8 Å². The number of fused-ring (bicyclic) bond motifs is 4. The third kappa shape index (κ3) is 1.68. The van der Waals surface area contributed by atoms with Gasteiger partial charge in [-0.3, -0.25) is 0 Å². The van der Waals surface area contributed by atoms with E-state index in [-0.39, 0.29) is 0 Å². The van der Waals surface area contributed by atoms with E-state index in [1.54, 1.807) is 0 Å². The monoisotopic (exact) mass is 258 g/mol. The average Bonchev–Trinajstić information content (AvgIpc) is 2.47. The zero-order valence-electron chi connectivity index (χ0n) is 11.9. The van der Waals surface area contributed by atoms with Gasteiger partial charge in [-0.25, -0.2) is 0 Å². The highest BCUT2D eigenvalue weighted by atomic mass is 14.2. The van der Waals surface area contributed by atoms with Crippen LogP contribution in [0.1, 0.15) is 13.8 Å². The Morgan fingerprint density at radius 2 is 1.30 bits per heavy atom. The molecule has 0 saturated heterocycles. The van der Waals surface area contributed by atoms with E-state index < -0.39 is 0 Å². The summed E-state index contributed by atoms with van der Waals surface area (Å²) in [6, 6.07) is 17.8. The van der Waals surface area contributed by atoms with Gasteiger partial charge >= 0.3 is 0 Å². The molecule has 3 aromatic carbocycles. The lowest BCUT2D eigenvalue weighted by atomic mass is 9.88. The molecule has 0 amide bonds. The van der Waals surface area contributed by atoms with Gasteiger partial charge in [-0.15, -0.1) is 0 Å². The standard InChI is InChI=1S/C20H18/c1-13-9-17-11-16-8-7-15-5-3-4-6-19(15)20(16)12-18(17)10-14(13)2/h3-14H,1-2H3. The Hall–Kier alpha value is -2.08. The summed E-state index contributed by atoms with van der Waals surface area (Å²) >= 11 is 0. The fourth-order valence-electron chi connectivity index (χ4n) is 3.25. The summed E-state index contributed by atoms with van der Waals surface area (Å²) < 4.78 is 0. The topological polar surface area (TPSA) is 0 Å². The lowest BCUT2D eigenvalue weighted by Gasteiger charge is -2.17. The summed E-state index contributed by atoms with van der Waals surface area (Å²) in [5.74, 6) is 1.25. The van der Waals surface area contributed by atoms with Gasteiger partial charge in [-0.2, -0.15) is 0 Å². The van der Waals surface area contributed by atoms with Crippen LogP contribution in [0, 0.1) is 11.8 Å². The first-order chi connectivity index (χ1) is 9.72. The van der Waals surface area contributed by atoms with Crippen molar-refractivity contribution >= 4 is 33.7 Å². The highest BCUT2D eigenvalue weighted by Gasteiger charge is 2.11. The van der Waals surface area contributed by atoms with E-state index in [1.165, 1.54) is 32.0 Å². The summed E-state index contributed by atoms with van der Waals surface area (Å²) in [4.78, 5) is 0. The van der Waals surface area contributed by atoms with Crippen molar-refractivity contribution in [2.24, 2.45) is 11.8 Å². The predicted octanol–water partition coefficient (Wildman–Crippen LogP) is 3.84. The highest BCUT2D eigenvalue weighted by Crippen LogP contribution is 2.24. The molecule has 0 aromatic heterocycles. The van der Waals surface area contributed by atoms with Gasteiger partial charge in [0.2, 0.25) is 0 Å². The average molecular weight is 258 g/mol.